The van der Waals surface area contributed by atoms with E-state index in [-0.39, 0.29) is 0 Å². The van der Waals surface area contributed by atoms with Gasteiger partial charge in [0.05, 0.1) is 15.9 Å². The number of nitrogens with zero attached hydrogens (tertiary/aromatic N) is 2. The van der Waals surface area contributed by atoms with Gasteiger partial charge in [-0.05, 0) is 30.2 Å². The van der Waals surface area contributed by atoms with Crippen LogP contribution in [0.5, 0.6) is 0 Å². The van der Waals surface area contributed by atoms with Crippen LogP contribution in [0.4, 0.5) is 0 Å². The Kier molecular flexibility index (Phi) is 2.61. The van der Waals surface area contributed by atoms with E-state index in [0.717, 1.165) is 22.6 Å². The van der Waals surface area contributed by atoms with Crippen LogP contribution in [0, 0.1) is 0 Å². The molecule has 17 heavy (non-hydrogen) atoms. The number of aryl methyl sites for hydroxylation is 1. The van der Waals surface area contributed by atoms with Crippen molar-refractivity contribution in [3.05, 3.63) is 48.2 Å². The minimum absolute atomic E-state index is 0.961. The molecule has 3 aromatic rings. The predicted molar refractivity (Wildman–Crippen MR) is 72.2 cm³/mol. The first-order valence-corrected chi connectivity index (χ1v) is 6.49. The van der Waals surface area contributed by atoms with E-state index in [9.17, 15) is 0 Å². The zero-order valence-electron chi connectivity index (χ0n) is 9.55. The maximum atomic E-state index is 4.59. The Hall–Kier alpha value is -1.74. The standard InChI is InChI=1S/C14H12N2S/c1-2-10-7-8-12(15-9-10)14-16-11-5-3-4-6-13(11)17-14/h3-9H,2H2,1H3. The molecule has 0 radical (unpaired) electrons. The fourth-order valence-corrected chi connectivity index (χ4v) is 2.68. The molecular weight excluding hydrogens is 228 g/mol. The molecule has 0 atom stereocenters. The second-order valence-electron chi connectivity index (χ2n) is 3.89. The summed E-state index contributed by atoms with van der Waals surface area (Å²) in [6.45, 7) is 2.13. The number of hydrogen-bond donors (Lipinski definition) is 0. The summed E-state index contributed by atoms with van der Waals surface area (Å²) in [5, 5.41) is 0.994. The highest BCUT2D eigenvalue weighted by Crippen LogP contribution is 2.28. The number of pyridine rings is 1. The van der Waals surface area contributed by atoms with Crippen LogP contribution in [0.1, 0.15) is 12.5 Å². The van der Waals surface area contributed by atoms with Crippen LogP contribution in [0.2, 0.25) is 0 Å². The summed E-state index contributed by atoms with van der Waals surface area (Å²) < 4.78 is 1.21. The molecule has 0 saturated carbocycles. The molecule has 0 aliphatic carbocycles. The Morgan fingerprint density at radius 1 is 1.12 bits per heavy atom. The first-order chi connectivity index (χ1) is 8.36. The zero-order chi connectivity index (χ0) is 11.7. The van der Waals surface area contributed by atoms with Crippen molar-refractivity contribution >= 4 is 21.6 Å². The molecule has 0 aliphatic rings. The van der Waals surface area contributed by atoms with Gasteiger partial charge < -0.3 is 0 Å². The fraction of sp³-hybridized carbons (Fsp3) is 0.143. The molecule has 0 N–H and O–H groups in total. The molecule has 0 bridgehead atoms. The van der Waals surface area contributed by atoms with Crippen molar-refractivity contribution in [3.8, 4) is 10.7 Å². The van der Waals surface area contributed by atoms with Gasteiger partial charge in [0.15, 0.2) is 0 Å². The molecule has 2 aromatic heterocycles. The topological polar surface area (TPSA) is 25.8 Å². The van der Waals surface area contributed by atoms with Gasteiger partial charge in [0, 0.05) is 6.20 Å². The molecule has 2 nitrogen and oxygen atoms in total. The lowest BCUT2D eigenvalue weighted by atomic mass is 10.2. The van der Waals surface area contributed by atoms with Crippen molar-refractivity contribution in [2.75, 3.05) is 0 Å². The Bertz CT molecular complexity index is 608. The van der Waals surface area contributed by atoms with Crippen LogP contribution in [0.25, 0.3) is 20.9 Å². The van der Waals surface area contributed by atoms with Crippen molar-refractivity contribution in [2.45, 2.75) is 13.3 Å². The second kappa shape index (κ2) is 4.26. The van der Waals surface area contributed by atoms with Gasteiger partial charge in [0.2, 0.25) is 0 Å². The Morgan fingerprint density at radius 3 is 2.71 bits per heavy atom. The van der Waals surface area contributed by atoms with Gasteiger partial charge in [-0.2, -0.15) is 0 Å². The van der Waals surface area contributed by atoms with Crippen molar-refractivity contribution in [2.24, 2.45) is 0 Å². The summed E-state index contributed by atoms with van der Waals surface area (Å²) in [4.78, 5) is 9.06. The van der Waals surface area contributed by atoms with Crippen molar-refractivity contribution in [3.63, 3.8) is 0 Å². The number of hydrogen-bond acceptors (Lipinski definition) is 3. The molecule has 0 aliphatic heterocycles. The summed E-state index contributed by atoms with van der Waals surface area (Å²) in [6, 6.07) is 12.4. The van der Waals surface area contributed by atoms with Crippen LogP contribution in [-0.4, -0.2) is 9.97 Å². The molecule has 3 rings (SSSR count). The lowest BCUT2D eigenvalue weighted by Gasteiger charge is -1.97. The summed E-state index contributed by atoms with van der Waals surface area (Å²) >= 11 is 1.69. The largest absolute Gasteiger partial charge is 0.253 e. The van der Waals surface area contributed by atoms with E-state index in [0.29, 0.717) is 0 Å². The third kappa shape index (κ3) is 1.94. The smallest absolute Gasteiger partial charge is 0.143 e. The maximum absolute atomic E-state index is 4.59. The van der Waals surface area contributed by atoms with E-state index in [2.05, 4.69) is 35.1 Å². The zero-order valence-corrected chi connectivity index (χ0v) is 10.4. The van der Waals surface area contributed by atoms with Gasteiger partial charge in [-0.1, -0.05) is 25.1 Å². The lowest BCUT2D eigenvalue weighted by molar-refractivity contribution is 1.10. The molecule has 0 fully saturated rings. The monoisotopic (exact) mass is 240 g/mol. The number of aromatic nitrogens is 2. The van der Waals surface area contributed by atoms with E-state index in [1.807, 2.05) is 24.4 Å². The SMILES string of the molecule is CCc1ccc(-c2nc3ccccc3s2)nc1. The molecule has 0 spiro atoms. The predicted octanol–water partition coefficient (Wildman–Crippen LogP) is 3.92. The number of thiazole rings is 1. The molecule has 0 amide bonds. The summed E-state index contributed by atoms with van der Waals surface area (Å²) in [7, 11) is 0. The lowest BCUT2D eigenvalue weighted by Crippen LogP contribution is -1.85. The van der Waals surface area contributed by atoms with Gasteiger partial charge >= 0.3 is 0 Å². The van der Waals surface area contributed by atoms with Crippen LogP contribution < -0.4 is 0 Å². The summed E-state index contributed by atoms with van der Waals surface area (Å²) in [5.74, 6) is 0. The number of benzene rings is 1. The van der Waals surface area contributed by atoms with E-state index in [1.54, 1.807) is 11.3 Å². The molecule has 84 valence electrons. The Balaban J connectivity index is 2.07. The van der Waals surface area contributed by atoms with Crippen LogP contribution >= 0.6 is 11.3 Å². The average Bonchev–Trinajstić information content (AvgIpc) is 2.82. The molecular formula is C14H12N2S. The number of fused-ring (bicyclic) bond motifs is 1. The van der Waals surface area contributed by atoms with E-state index >= 15 is 0 Å². The van der Waals surface area contributed by atoms with Crippen molar-refractivity contribution in [1.29, 1.82) is 0 Å². The van der Waals surface area contributed by atoms with Gasteiger partial charge in [0.25, 0.3) is 0 Å². The molecule has 1 aromatic carbocycles. The van der Waals surface area contributed by atoms with Gasteiger partial charge in [0.1, 0.15) is 5.01 Å². The van der Waals surface area contributed by atoms with Crippen molar-refractivity contribution in [1.82, 2.24) is 9.97 Å². The first-order valence-electron chi connectivity index (χ1n) is 5.67. The van der Waals surface area contributed by atoms with E-state index in [4.69, 9.17) is 0 Å². The molecule has 0 saturated heterocycles. The maximum Gasteiger partial charge on any atom is 0.143 e. The molecule has 0 unspecified atom stereocenters. The van der Waals surface area contributed by atoms with Gasteiger partial charge in [-0.15, -0.1) is 11.3 Å². The quantitative estimate of drug-likeness (QED) is 0.678. The normalized spacial score (nSPS) is 10.9. The minimum Gasteiger partial charge on any atom is -0.253 e. The highest BCUT2D eigenvalue weighted by atomic mass is 32.1. The Morgan fingerprint density at radius 2 is 2.00 bits per heavy atom. The van der Waals surface area contributed by atoms with E-state index in [1.165, 1.54) is 10.3 Å². The first kappa shape index (κ1) is 10.4. The van der Waals surface area contributed by atoms with Gasteiger partial charge in [-0.3, -0.25) is 4.98 Å². The third-order valence-electron chi connectivity index (χ3n) is 2.75. The van der Waals surface area contributed by atoms with Gasteiger partial charge in [-0.25, -0.2) is 4.98 Å². The average molecular weight is 240 g/mol. The van der Waals surface area contributed by atoms with Crippen LogP contribution in [0.15, 0.2) is 42.6 Å². The van der Waals surface area contributed by atoms with Crippen molar-refractivity contribution < 1.29 is 0 Å². The molecule has 3 heteroatoms. The van der Waals surface area contributed by atoms with Crippen LogP contribution in [-0.2, 0) is 6.42 Å². The number of rotatable bonds is 2. The van der Waals surface area contributed by atoms with Crippen LogP contribution in [0.3, 0.4) is 0 Å². The highest BCUT2D eigenvalue weighted by molar-refractivity contribution is 7.21. The second-order valence-corrected chi connectivity index (χ2v) is 4.92. The minimum atomic E-state index is 0.961. The van der Waals surface area contributed by atoms with E-state index < -0.39 is 0 Å². The Labute approximate surface area is 104 Å². The third-order valence-corrected chi connectivity index (χ3v) is 3.80. The molecule has 2 heterocycles. The fourth-order valence-electron chi connectivity index (χ4n) is 1.74. The number of para-hydroxylation sites is 1. The summed E-state index contributed by atoms with van der Waals surface area (Å²) in [6.07, 6.45) is 2.95. The highest BCUT2D eigenvalue weighted by Gasteiger charge is 2.06. The summed E-state index contributed by atoms with van der Waals surface area (Å²) in [5.41, 5.74) is 3.27.